The van der Waals surface area contributed by atoms with E-state index >= 15 is 0 Å². The van der Waals surface area contributed by atoms with Gasteiger partial charge in [0.1, 0.15) is 36.3 Å². The Labute approximate surface area is 260 Å². The lowest BCUT2D eigenvalue weighted by Crippen LogP contribution is -2.35. The number of rotatable bonds is 22. The third-order valence-corrected chi connectivity index (χ3v) is 8.46. The van der Waals surface area contributed by atoms with E-state index in [-0.39, 0.29) is 23.3 Å². The molecule has 4 heterocycles. The largest absolute Gasteiger partial charge is 0.387 e. The van der Waals surface area contributed by atoms with Gasteiger partial charge in [0.05, 0.1) is 12.7 Å². The van der Waals surface area contributed by atoms with Crippen LogP contribution in [-0.4, -0.2) is 71.1 Å². The van der Waals surface area contributed by atoms with Crippen LogP contribution in [0.25, 0.3) is 11.2 Å². The van der Waals surface area contributed by atoms with Crippen LogP contribution in [0.5, 0.6) is 0 Å². The monoisotopic (exact) mass is 612 g/mol. The summed E-state index contributed by atoms with van der Waals surface area (Å²) in [4.78, 5) is 31.2. The van der Waals surface area contributed by atoms with Gasteiger partial charge in [-0.3, -0.25) is 9.36 Å². The summed E-state index contributed by atoms with van der Waals surface area (Å²) in [7, 11) is 0. The molecule has 4 rings (SSSR count). The highest BCUT2D eigenvalue weighted by Crippen LogP contribution is 2.31. The molecule has 1 aliphatic heterocycles. The molecule has 4 atom stereocenters. The fourth-order valence-corrected chi connectivity index (χ4v) is 5.82. The van der Waals surface area contributed by atoms with E-state index in [0.29, 0.717) is 5.82 Å². The van der Waals surface area contributed by atoms with Gasteiger partial charge in [0.15, 0.2) is 17.4 Å². The molecule has 3 aromatic rings. The van der Waals surface area contributed by atoms with Crippen LogP contribution in [0.3, 0.4) is 0 Å². The van der Waals surface area contributed by atoms with Gasteiger partial charge in [-0.05, 0) is 6.42 Å². The number of hydrogen-bond donors (Lipinski definition) is 5. The molecule has 244 valence electrons. The van der Waals surface area contributed by atoms with Crippen molar-refractivity contribution in [1.29, 1.82) is 0 Å². The Morgan fingerprint density at radius 2 is 1.39 bits per heavy atom. The van der Waals surface area contributed by atoms with E-state index in [2.05, 4.69) is 42.5 Å². The van der Waals surface area contributed by atoms with Gasteiger partial charge in [0.25, 0.3) is 5.56 Å². The standard InChI is InChI=1S/C32H52N8O4/c1-2-3-4-5-6-7-8-9-10-11-12-13-14-15-16-17-18-33-25-19-26(36-21-35-25)34-20-24-28(41)29(42)32(44-24)40-23-39-27-30(40)37-22-38-31(27)43/h19,21-24,28-29,32,41-42H,2-18,20H2,1H3,(H,37,38,43)(H2,33,34,35,36)/t24-,28-,29-,32-/m1/s1. The average Bonchev–Trinajstić information content (AvgIpc) is 3.59. The fraction of sp³-hybridized carbons (Fsp3) is 0.719. The number of hydrogen-bond acceptors (Lipinski definition) is 10. The molecule has 12 nitrogen and oxygen atoms in total. The minimum Gasteiger partial charge on any atom is -0.387 e. The molecule has 0 radical (unpaired) electrons. The van der Waals surface area contributed by atoms with Crippen molar-refractivity contribution in [1.82, 2.24) is 29.5 Å². The highest BCUT2D eigenvalue weighted by Gasteiger charge is 2.44. The Bertz CT molecular complexity index is 1280. The van der Waals surface area contributed by atoms with Gasteiger partial charge in [-0.25, -0.2) is 19.9 Å². The smallest absolute Gasteiger partial charge is 0.278 e. The molecule has 12 heteroatoms. The van der Waals surface area contributed by atoms with Gasteiger partial charge in [-0.2, -0.15) is 0 Å². The highest BCUT2D eigenvalue weighted by atomic mass is 16.6. The number of unbranched alkanes of at least 4 members (excludes halogenated alkanes) is 15. The predicted molar refractivity (Wildman–Crippen MR) is 173 cm³/mol. The molecule has 0 aliphatic carbocycles. The lowest BCUT2D eigenvalue weighted by Gasteiger charge is -2.16. The first-order valence-corrected chi connectivity index (χ1v) is 16.8. The molecule has 0 unspecified atom stereocenters. The second kappa shape index (κ2) is 18.7. The summed E-state index contributed by atoms with van der Waals surface area (Å²) >= 11 is 0. The maximum Gasteiger partial charge on any atom is 0.278 e. The van der Waals surface area contributed by atoms with Crippen LogP contribution >= 0.6 is 0 Å². The summed E-state index contributed by atoms with van der Waals surface area (Å²) in [5.74, 6) is 1.32. The SMILES string of the molecule is CCCCCCCCCCCCCCCCCCNc1cc(NC[C@H]2O[C@@H](n3cnc4c(=O)[nH]cnc43)[C@H](O)[C@@H]2O)ncn1. The van der Waals surface area contributed by atoms with Crippen molar-refractivity contribution in [2.75, 3.05) is 23.7 Å². The molecule has 5 N–H and O–H groups in total. The third-order valence-electron chi connectivity index (χ3n) is 8.46. The zero-order valence-electron chi connectivity index (χ0n) is 26.3. The summed E-state index contributed by atoms with van der Waals surface area (Å²) < 4.78 is 7.41. The fourth-order valence-electron chi connectivity index (χ4n) is 5.82. The summed E-state index contributed by atoms with van der Waals surface area (Å²) in [6, 6.07) is 1.82. The van der Waals surface area contributed by atoms with Crippen LogP contribution in [0, 0.1) is 0 Å². The Morgan fingerprint density at radius 3 is 2.02 bits per heavy atom. The number of nitrogens with zero attached hydrogens (tertiary/aromatic N) is 5. The molecule has 44 heavy (non-hydrogen) atoms. The number of aromatic amines is 1. The molecule has 0 bridgehead atoms. The van der Waals surface area contributed by atoms with Gasteiger partial charge in [-0.15, -0.1) is 0 Å². The number of imidazole rings is 1. The number of nitrogens with one attached hydrogen (secondary N) is 3. The van der Waals surface area contributed by atoms with E-state index in [9.17, 15) is 15.0 Å². The first kappa shape index (κ1) is 33.8. The van der Waals surface area contributed by atoms with Crippen molar-refractivity contribution in [2.24, 2.45) is 0 Å². The summed E-state index contributed by atoms with van der Waals surface area (Å²) in [6.07, 6.45) is 21.7. The number of fused-ring (bicyclic) bond motifs is 1. The molecule has 0 spiro atoms. The third kappa shape index (κ3) is 10.2. The number of H-pyrrole nitrogens is 1. The van der Waals surface area contributed by atoms with E-state index < -0.39 is 24.5 Å². The Balaban J connectivity index is 1.05. The minimum atomic E-state index is -1.22. The Hall–Kier alpha value is -3.09. The van der Waals surface area contributed by atoms with E-state index in [1.165, 1.54) is 120 Å². The molecule has 1 aliphatic rings. The highest BCUT2D eigenvalue weighted by molar-refractivity contribution is 5.68. The van der Waals surface area contributed by atoms with E-state index in [0.717, 1.165) is 18.8 Å². The number of anilines is 2. The maximum absolute atomic E-state index is 12.0. The molecular formula is C32H52N8O4. The number of aromatic nitrogens is 6. The van der Waals surface area contributed by atoms with Crippen LogP contribution in [0.2, 0.25) is 0 Å². The maximum atomic E-state index is 12.0. The molecule has 3 aromatic heterocycles. The van der Waals surface area contributed by atoms with E-state index in [1.807, 2.05) is 6.07 Å². The van der Waals surface area contributed by atoms with Crippen LogP contribution in [0.15, 0.2) is 29.8 Å². The second-order valence-corrected chi connectivity index (χ2v) is 12.0. The first-order valence-electron chi connectivity index (χ1n) is 16.8. The van der Waals surface area contributed by atoms with Crippen molar-refractivity contribution in [3.05, 3.63) is 35.4 Å². The minimum absolute atomic E-state index is 0.139. The van der Waals surface area contributed by atoms with Crippen LogP contribution < -0.4 is 16.2 Å². The van der Waals surface area contributed by atoms with E-state index in [4.69, 9.17) is 4.74 Å². The van der Waals surface area contributed by atoms with Crippen LogP contribution in [0.1, 0.15) is 116 Å². The summed E-state index contributed by atoms with van der Waals surface area (Å²) in [5.41, 5.74) is 0.0254. The molecule has 0 amide bonds. The lowest BCUT2D eigenvalue weighted by molar-refractivity contribution is -0.0312. The first-order chi connectivity index (χ1) is 21.6. The molecular weight excluding hydrogens is 560 g/mol. The average molecular weight is 613 g/mol. The molecule has 1 saturated heterocycles. The molecule has 0 aromatic carbocycles. The van der Waals surface area contributed by atoms with Crippen molar-refractivity contribution in [2.45, 2.75) is 134 Å². The quantitative estimate of drug-likeness (QED) is 0.0939. The lowest BCUT2D eigenvalue weighted by atomic mass is 10.0. The molecule has 0 saturated carbocycles. The van der Waals surface area contributed by atoms with Gasteiger partial charge in [0.2, 0.25) is 0 Å². The number of aliphatic hydroxyl groups is 2. The van der Waals surface area contributed by atoms with Gasteiger partial charge >= 0.3 is 0 Å². The van der Waals surface area contributed by atoms with E-state index in [1.54, 1.807) is 0 Å². The topological polar surface area (TPSA) is 163 Å². The summed E-state index contributed by atoms with van der Waals surface area (Å²) in [5, 5.41) is 27.8. The van der Waals surface area contributed by atoms with Crippen molar-refractivity contribution in [3.8, 4) is 0 Å². The predicted octanol–water partition coefficient (Wildman–Crippen LogP) is 5.31. The second-order valence-electron chi connectivity index (χ2n) is 12.0. The van der Waals surface area contributed by atoms with Gasteiger partial charge in [0, 0.05) is 19.2 Å². The zero-order valence-corrected chi connectivity index (χ0v) is 26.3. The normalized spacial score (nSPS) is 20.0. The van der Waals surface area contributed by atoms with Crippen molar-refractivity contribution < 1.29 is 14.9 Å². The van der Waals surface area contributed by atoms with Crippen LogP contribution in [-0.2, 0) is 4.74 Å². The number of aliphatic hydroxyl groups excluding tert-OH is 2. The Morgan fingerprint density at radius 1 is 0.795 bits per heavy atom. The number of ether oxygens (including phenoxy) is 1. The zero-order chi connectivity index (χ0) is 31.0. The summed E-state index contributed by atoms with van der Waals surface area (Å²) in [6.45, 7) is 3.34. The molecule has 1 fully saturated rings. The van der Waals surface area contributed by atoms with Gasteiger partial charge < -0.3 is 30.6 Å². The van der Waals surface area contributed by atoms with Crippen molar-refractivity contribution >= 4 is 22.8 Å². The Kier molecular flexibility index (Phi) is 14.3. The van der Waals surface area contributed by atoms with Gasteiger partial charge in [-0.1, -0.05) is 103 Å². The van der Waals surface area contributed by atoms with Crippen molar-refractivity contribution in [3.63, 3.8) is 0 Å². The van der Waals surface area contributed by atoms with Crippen LogP contribution in [0.4, 0.5) is 11.6 Å².